The van der Waals surface area contributed by atoms with Crippen LogP contribution >= 0.6 is 0 Å². The van der Waals surface area contributed by atoms with E-state index in [1.54, 1.807) is 0 Å². The third-order valence-corrected chi connectivity index (χ3v) is 13.4. The van der Waals surface area contributed by atoms with Gasteiger partial charge in [-0.2, -0.15) is 0 Å². The minimum atomic E-state index is 0.486. The van der Waals surface area contributed by atoms with Crippen LogP contribution in [0.1, 0.15) is 40.2 Å². The van der Waals surface area contributed by atoms with Gasteiger partial charge in [0, 0.05) is 34.2 Å². The molecule has 1 unspecified atom stereocenters. The molecule has 0 N–H and O–H groups in total. The van der Waals surface area contributed by atoms with Gasteiger partial charge in [-0.05, 0) is 116 Å². The largest absolute Gasteiger partial charge is 0.309 e. The van der Waals surface area contributed by atoms with Crippen molar-refractivity contribution < 1.29 is 0 Å². The zero-order valence-electron chi connectivity index (χ0n) is 34.5. The van der Waals surface area contributed by atoms with E-state index in [9.17, 15) is 0 Å². The molecule has 12 rings (SSSR count). The summed E-state index contributed by atoms with van der Waals surface area (Å²) in [5, 5.41) is 4.97. The Morgan fingerprint density at radius 3 is 2.08 bits per heavy atom. The Hall–Kier alpha value is -7.55. The van der Waals surface area contributed by atoms with Crippen molar-refractivity contribution in [3.63, 3.8) is 0 Å². The quantitative estimate of drug-likeness (QED) is 0.143. The predicted molar refractivity (Wildman–Crippen MR) is 260 cm³/mol. The van der Waals surface area contributed by atoms with Crippen molar-refractivity contribution in [2.45, 2.75) is 31.6 Å². The second kappa shape index (κ2) is 15.2. The molecule has 0 saturated heterocycles. The fourth-order valence-electron chi connectivity index (χ4n) is 10.4. The number of rotatable bonds is 8. The maximum atomic E-state index is 5.25. The monoisotopic (exact) mass is 792 g/mol. The van der Waals surface area contributed by atoms with Gasteiger partial charge < -0.3 is 4.90 Å². The molecule has 0 saturated carbocycles. The lowest BCUT2D eigenvalue weighted by atomic mass is 9.76. The molecular weight excluding hydrogens is 749 g/mol. The molecule has 10 aromatic rings. The predicted octanol–water partition coefficient (Wildman–Crippen LogP) is 15.7. The number of nitrogens with zero attached hydrogens (tertiary/aromatic N) is 2. The molecule has 9 aromatic carbocycles. The van der Waals surface area contributed by atoms with Crippen LogP contribution in [0.15, 0.2) is 212 Å². The Bertz CT molecular complexity index is 3330. The molecule has 2 heteroatoms. The van der Waals surface area contributed by atoms with Crippen LogP contribution in [0.25, 0.3) is 66.3 Å². The minimum absolute atomic E-state index is 0.486. The maximum absolute atomic E-state index is 5.25. The summed E-state index contributed by atoms with van der Waals surface area (Å²) >= 11 is 0. The van der Waals surface area contributed by atoms with Crippen molar-refractivity contribution >= 4 is 38.6 Å². The number of aryl methyl sites for hydroxylation is 1. The van der Waals surface area contributed by atoms with Crippen molar-refractivity contribution in [2.24, 2.45) is 0 Å². The van der Waals surface area contributed by atoms with E-state index in [1.165, 1.54) is 82.9 Å². The molecule has 0 bridgehead atoms. The first kappa shape index (κ1) is 36.3. The summed E-state index contributed by atoms with van der Waals surface area (Å²) < 4.78 is 0. The summed E-state index contributed by atoms with van der Waals surface area (Å²) in [6.07, 6.45) is 4.06. The number of hydrogen-bond acceptors (Lipinski definition) is 2. The number of fused-ring (bicyclic) bond motifs is 9. The SMILES string of the molecule is c1ccc(-c2ccc3c(n2)-c2ccc(N(c4ccccc4-c4cccc(CCC5Cc6ccccc6-c6ccccc65)c4)c4cc5ccccc5c5ccccc45)cc2C3)cc1. The van der Waals surface area contributed by atoms with Crippen LogP contribution in [0.4, 0.5) is 17.1 Å². The van der Waals surface area contributed by atoms with Gasteiger partial charge in [0.1, 0.15) is 0 Å². The molecule has 2 aliphatic carbocycles. The van der Waals surface area contributed by atoms with Gasteiger partial charge in [0.05, 0.1) is 22.8 Å². The van der Waals surface area contributed by atoms with Gasteiger partial charge in [0.15, 0.2) is 0 Å². The van der Waals surface area contributed by atoms with E-state index in [0.29, 0.717) is 5.92 Å². The Morgan fingerprint density at radius 1 is 0.452 bits per heavy atom. The van der Waals surface area contributed by atoms with E-state index in [-0.39, 0.29) is 0 Å². The summed E-state index contributed by atoms with van der Waals surface area (Å²) in [5.41, 5.74) is 20.0. The van der Waals surface area contributed by atoms with Crippen LogP contribution < -0.4 is 4.90 Å². The van der Waals surface area contributed by atoms with Gasteiger partial charge in [-0.1, -0.05) is 182 Å². The highest BCUT2D eigenvalue weighted by Gasteiger charge is 2.27. The van der Waals surface area contributed by atoms with E-state index in [4.69, 9.17) is 4.98 Å². The smallest absolute Gasteiger partial charge is 0.0747 e. The van der Waals surface area contributed by atoms with Crippen molar-refractivity contribution in [1.82, 2.24) is 4.98 Å². The number of aromatic nitrogens is 1. The van der Waals surface area contributed by atoms with Crippen LogP contribution in [0.2, 0.25) is 0 Å². The molecule has 1 aromatic heterocycles. The summed E-state index contributed by atoms with van der Waals surface area (Å²) in [5.74, 6) is 0.486. The Labute approximate surface area is 363 Å². The molecule has 1 heterocycles. The van der Waals surface area contributed by atoms with Gasteiger partial charge >= 0.3 is 0 Å². The van der Waals surface area contributed by atoms with E-state index in [2.05, 4.69) is 217 Å². The Balaban J connectivity index is 0.958. The third kappa shape index (κ3) is 6.30. The van der Waals surface area contributed by atoms with Gasteiger partial charge in [-0.25, -0.2) is 4.98 Å². The fraction of sp³-hybridized carbons (Fsp3) is 0.0833. The van der Waals surface area contributed by atoms with E-state index < -0.39 is 0 Å². The van der Waals surface area contributed by atoms with Crippen molar-refractivity contribution in [3.05, 3.63) is 240 Å². The Morgan fingerprint density at radius 2 is 1.18 bits per heavy atom. The summed E-state index contributed by atoms with van der Waals surface area (Å²) in [6, 6.07) is 78.4. The number of benzene rings is 9. The minimum Gasteiger partial charge on any atom is -0.309 e. The number of hydrogen-bond donors (Lipinski definition) is 0. The highest BCUT2D eigenvalue weighted by Crippen LogP contribution is 2.48. The topological polar surface area (TPSA) is 16.1 Å². The summed E-state index contributed by atoms with van der Waals surface area (Å²) in [7, 11) is 0. The molecule has 0 fully saturated rings. The second-order valence-corrected chi connectivity index (χ2v) is 17.0. The lowest BCUT2D eigenvalue weighted by Gasteiger charge is -2.30. The zero-order valence-corrected chi connectivity index (χ0v) is 34.5. The Kier molecular flexibility index (Phi) is 8.89. The molecule has 1 atom stereocenters. The number of anilines is 3. The molecule has 62 heavy (non-hydrogen) atoms. The number of pyridine rings is 1. The van der Waals surface area contributed by atoms with Crippen LogP contribution in [0, 0.1) is 0 Å². The molecule has 2 aliphatic rings. The summed E-state index contributed by atoms with van der Waals surface area (Å²) in [4.78, 5) is 7.76. The van der Waals surface area contributed by atoms with Crippen LogP contribution in [0.5, 0.6) is 0 Å². The highest BCUT2D eigenvalue weighted by atomic mass is 15.1. The van der Waals surface area contributed by atoms with Crippen LogP contribution in [-0.4, -0.2) is 4.98 Å². The second-order valence-electron chi connectivity index (χ2n) is 17.0. The van der Waals surface area contributed by atoms with Crippen LogP contribution in [-0.2, 0) is 19.3 Å². The lowest BCUT2D eigenvalue weighted by molar-refractivity contribution is 0.616. The van der Waals surface area contributed by atoms with Crippen molar-refractivity contribution in [1.29, 1.82) is 0 Å². The summed E-state index contributed by atoms with van der Waals surface area (Å²) in [6.45, 7) is 0. The van der Waals surface area contributed by atoms with Crippen LogP contribution in [0.3, 0.4) is 0 Å². The van der Waals surface area contributed by atoms with Gasteiger partial charge in [0.2, 0.25) is 0 Å². The average Bonchev–Trinajstić information content (AvgIpc) is 3.71. The van der Waals surface area contributed by atoms with Gasteiger partial charge in [-0.3, -0.25) is 0 Å². The molecule has 0 aliphatic heterocycles. The molecule has 294 valence electrons. The zero-order chi connectivity index (χ0) is 41.0. The van der Waals surface area contributed by atoms with Gasteiger partial charge in [0.25, 0.3) is 0 Å². The van der Waals surface area contributed by atoms with E-state index in [0.717, 1.165) is 54.0 Å². The molecule has 0 radical (unpaired) electrons. The van der Waals surface area contributed by atoms with E-state index in [1.807, 2.05) is 0 Å². The molecule has 0 amide bonds. The first-order valence-electron chi connectivity index (χ1n) is 22.0. The normalized spacial score (nSPS) is 13.6. The van der Waals surface area contributed by atoms with Crippen molar-refractivity contribution in [3.8, 4) is 44.8 Å². The first-order valence-corrected chi connectivity index (χ1v) is 22.0. The highest BCUT2D eigenvalue weighted by molar-refractivity contribution is 6.15. The number of para-hydroxylation sites is 1. The molecule has 0 spiro atoms. The first-order chi connectivity index (χ1) is 30.7. The lowest BCUT2D eigenvalue weighted by Crippen LogP contribution is -2.12. The van der Waals surface area contributed by atoms with Crippen molar-refractivity contribution in [2.75, 3.05) is 4.90 Å². The third-order valence-electron chi connectivity index (χ3n) is 13.4. The fourth-order valence-corrected chi connectivity index (χ4v) is 10.4. The van der Waals surface area contributed by atoms with E-state index >= 15 is 0 Å². The maximum Gasteiger partial charge on any atom is 0.0747 e. The average molecular weight is 793 g/mol. The molecule has 2 nitrogen and oxygen atoms in total. The van der Waals surface area contributed by atoms with Gasteiger partial charge in [-0.15, -0.1) is 0 Å². The molecular formula is C60H44N2. The standard InChI is InChI=1S/C60H44N2/c1-2-16-41(17-3-1)57-34-31-46-37-47-38-48(32-33-53(47)60(46)61-57)62(59-39-44-19-5-7-22-50(44)55-26-10-11-27-56(55)59)58-28-13-12-24-52(58)42-20-14-15-40(35-42)29-30-45-36-43-18-4-6-21-49(43)54-25-9-8-23-51(45)54/h1-28,31-35,38-39,45H,29-30,36-37H2.